The molecule has 3 amide bonds. The number of aromatic amines is 1. The maximum Gasteiger partial charge on any atom is 0.295 e. The van der Waals surface area contributed by atoms with E-state index in [1.54, 1.807) is 29.2 Å². The van der Waals surface area contributed by atoms with E-state index >= 15 is 0 Å². The Labute approximate surface area is 252 Å². The van der Waals surface area contributed by atoms with Crippen molar-refractivity contribution in [2.75, 3.05) is 47.5 Å². The highest BCUT2D eigenvalue weighted by atomic mass is 16.7. The Balaban J connectivity index is 1.35. The van der Waals surface area contributed by atoms with Crippen molar-refractivity contribution in [2.45, 2.75) is 12.8 Å². The van der Waals surface area contributed by atoms with Crippen LogP contribution < -0.4 is 10.1 Å². The van der Waals surface area contributed by atoms with Gasteiger partial charge in [0.1, 0.15) is 22.8 Å². The minimum absolute atomic E-state index is 0.0114. The molecule has 1 fully saturated rings. The molecular formula is C30H31N7O7. The molecule has 44 heavy (non-hydrogen) atoms. The number of Topliss-reactive ketones (excluding diaryl/α,β-unsaturated/α-hetero) is 1. The number of ether oxygens (including phenoxy) is 3. The van der Waals surface area contributed by atoms with E-state index < -0.39 is 23.5 Å². The summed E-state index contributed by atoms with van der Waals surface area (Å²) in [4.78, 5) is 71.3. The number of nitrogens with one attached hydrogen (secondary N) is 2. The summed E-state index contributed by atoms with van der Waals surface area (Å²) in [7, 11) is 4.21. The molecule has 14 heteroatoms. The molecule has 1 aromatic carbocycles. The number of pyridine rings is 1. The molecule has 0 radical (unpaired) electrons. The maximum absolute atomic E-state index is 13.5. The molecule has 1 saturated heterocycles. The lowest BCUT2D eigenvalue weighted by molar-refractivity contribution is -0.206. The predicted octanol–water partition coefficient (Wildman–Crippen LogP) is 1.89. The topological polar surface area (TPSA) is 169 Å². The number of rotatable bonds is 9. The number of hydrogen-bond acceptors (Lipinski definition) is 10. The van der Waals surface area contributed by atoms with E-state index in [9.17, 15) is 19.2 Å². The minimum atomic E-state index is -1.35. The highest BCUT2D eigenvalue weighted by molar-refractivity contribution is 6.45. The highest BCUT2D eigenvalue weighted by Crippen LogP contribution is 2.34. The summed E-state index contributed by atoms with van der Waals surface area (Å²) < 4.78 is 15.8. The van der Waals surface area contributed by atoms with E-state index in [0.717, 1.165) is 0 Å². The Morgan fingerprint density at radius 1 is 0.886 bits per heavy atom. The van der Waals surface area contributed by atoms with E-state index in [1.807, 2.05) is 6.07 Å². The van der Waals surface area contributed by atoms with Gasteiger partial charge in [0, 0.05) is 59.1 Å². The van der Waals surface area contributed by atoms with Crippen molar-refractivity contribution < 1.29 is 33.4 Å². The zero-order valence-electron chi connectivity index (χ0n) is 24.6. The van der Waals surface area contributed by atoms with Crippen LogP contribution in [0.15, 0.2) is 55.1 Å². The molecule has 0 aliphatic carbocycles. The van der Waals surface area contributed by atoms with Gasteiger partial charge in [-0.2, -0.15) is 0 Å². The monoisotopic (exact) mass is 601 g/mol. The van der Waals surface area contributed by atoms with Gasteiger partial charge in [0.15, 0.2) is 0 Å². The molecule has 1 aliphatic heterocycles. The smallest absolute Gasteiger partial charge is 0.295 e. The molecule has 0 bridgehead atoms. The van der Waals surface area contributed by atoms with Gasteiger partial charge in [-0.15, -0.1) is 0 Å². The SMILES string of the molecule is COc1cnc(-c2cnc(C(=O)NC(C)(OC)OC)cn2)c2[nH]cc(C(=O)C(=O)N3CCN(C(=O)c4ccccc4)CC3)c12. The number of ketones is 1. The summed E-state index contributed by atoms with van der Waals surface area (Å²) in [6.45, 7) is 2.59. The minimum Gasteiger partial charge on any atom is -0.494 e. The summed E-state index contributed by atoms with van der Waals surface area (Å²) in [6, 6.07) is 8.92. The molecule has 4 aromatic rings. The van der Waals surface area contributed by atoms with Crippen LogP contribution in [0.2, 0.25) is 0 Å². The predicted molar refractivity (Wildman–Crippen MR) is 157 cm³/mol. The third-order valence-corrected chi connectivity index (χ3v) is 7.45. The van der Waals surface area contributed by atoms with Crippen LogP contribution in [0.5, 0.6) is 5.75 Å². The van der Waals surface area contributed by atoms with E-state index in [-0.39, 0.29) is 36.0 Å². The van der Waals surface area contributed by atoms with Gasteiger partial charge in [0.05, 0.1) is 42.2 Å². The van der Waals surface area contributed by atoms with Gasteiger partial charge in [-0.1, -0.05) is 18.2 Å². The Morgan fingerprint density at radius 3 is 2.18 bits per heavy atom. The molecule has 228 valence electrons. The van der Waals surface area contributed by atoms with Gasteiger partial charge in [-0.05, 0) is 12.1 Å². The van der Waals surface area contributed by atoms with Crippen LogP contribution in [-0.2, 0) is 14.3 Å². The molecular weight excluding hydrogens is 570 g/mol. The molecule has 14 nitrogen and oxygen atoms in total. The van der Waals surface area contributed by atoms with Crippen LogP contribution in [0.25, 0.3) is 22.3 Å². The summed E-state index contributed by atoms with van der Waals surface area (Å²) >= 11 is 0. The van der Waals surface area contributed by atoms with Crippen molar-refractivity contribution in [1.82, 2.24) is 35.1 Å². The fourth-order valence-corrected chi connectivity index (χ4v) is 4.80. The highest BCUT2D eigenvalue weighted by Gasteiger charge is 2.32. The van der Waals surface area contributed by atoms with Crippen LogP contribution in [0.3, 0.4) is 0 Å². The second kappa shape index (κ2) is 12.6. The van der Waals surface area contributed by atoms with Crippen LogP contribution in [0.4, 0.5) is 0 Å². The molecule has 3 aromatic heterocycles. The van der Waals surface area contributed by atoms with Gasteiger partial charge in [0.2, 0.25) is 5.91 Å². The second-order valence-electron chi connectivity index (χ2n) is 10.0. The number of amides is 3. The molecule has 0 spiro atoms. The summed E-state index contributed by atoms with van der Waals surface area (Å²) in [5.41, 5.74) is 1.73. The van der Waals surface area contributed by atoms with E-state index in [0.29, 0.717) is 40.9 Å². The van der Waals surface area contributed by atoms with Crippen molar-refractivity contribution in [2.24, 2.45) is 0 Å². The lowest BCUT2D eigenvalue weighted by Gasteiger charge is -2.34. The standard InChI is InChI=1S/C30H31N7O7/c1-30(43-3,44-4)35-27(39)21-16-31-20(15-32-21)24-25-23(22(42-2)17-34-24)19(14-33-25)26(38)29(41)37-12-10-36(11-13-37)28(40)18-8-6-5-7-9-18/h5-9,14-17,33H,10-13H2,1-4H3,(H,35,39). The van der Waals surface area contributed by atoms with E-state index in [4.69, 9.17) is 14.2 Å². The summed E-state index contributed by atoms with van der Waals surface area (Å²) in [6.07, 6.45) is 5.49. The number of piperazine rings is 1. The molecule has 4 heterocycles. The van der Waals surface area contributed by atoms with Crippen molar-refractivity contribution in [3.63, 3.8) is 0 Å². The Morgan fingerprint density at radius 2 is 1.57 bits per heavy atom. The third-order valence-electron chi connectivity index (χ3n) is 7.45. The largest absolute Gasteiger partial charge is 0.494 e. The van der Waals surface area contributed by atoms with Gasteiger partial charge in [0.25, 0.3) is 23.5 Å². The first kappa shape index (κ1) is 30.3. The number of nitrogens with zero attached hydrogens (tertiary/aromatic N) is 5. The Bertz CT molecular complexity index is 1690. The zero-order chi connectivity index (χ0) is 31.4. The maximum atomic E-state index is 13.5. The molecule has 0 atom stereocenters. The first-order valence-corrected chi connectivity index (χ1v) is 13.7. The second-order valence-corrected chi connectivity index (χ2v) is 10.0. The molecule has 5 rings (SSSR count). The molecule has 2 N–H and O–H groups in total. The average Bonchev–Trinajstić information content (AvgIpc) is 3.53. The number of benzene rings is 1. The first-order chi connectivity index (χ1) is 21.2. The summed E-state index contributed by atoms with van der Waals surface area (Å²) in [5, 5.41) is 2.92. The molecule has 0 unspecified atom stereocenters. The molecule has 0 saturated carbocycles. The van der Waals surface area contributed by atoms with Crippen molar-refractivity contribution in [3.8, 4) is 17.1 Å². The molecule has 1 aliphatic rings. The van der Waals surface area contributed by atoms with Crippen LogP contribution >= 0.6 is 0 Å². The number of carbonyl (C=O) groups excluding carboxylic acids is 4. The van der Waals surface area contributed by atoms with Crippen LogP contribution in [0, 0.1) is 0 Å². The van der Waals surface area contributed by atoms with E-state index in [1.165, 1.54) is 57.9 Å². The van der Waals surface area contributed by atoms with E-state index in [2.05, 4.69) is 25.3 Å². The van der Waals surface area contributed by atoms with Gasteiger partial charge in [-0.25, -0.2) is 9.97 Å². The normalized spacial score (nSPS) is 13.5. The number of H-pyrrole nitrogens is 1. The van der Waals surface area contributed by atoms with Gasteiger partial charge in [-0.3, -0.25) is 29.5 Å². The summed E-state index contributed by atoms with van der Waals surface area (Å²) in [5.74, 6) is -3.18. The van der Waals surface area contributed by atoms with Crippen molar-refractivity contribution >= 4 is 34.4 Å². The van der Waals surface area contributed by atoms with Crippen LogP contribution in [0.1, 0.15) is 38.1 Å². The average molecular weight is 602 g/mol. The van der Waals surface area contributed by atoms with Crippen LogP contribution in [-0.4, -0.2) is 107 Å². The number of methoxy groups -OCH3 is 3. The zero-order valence-corrected chi connectivity index (χ0v) is 24.6. The fraction of sp³-hybridized carbons (Fsp3) is 0.300. The van der Waals surface area contributed by atoms with Crippen molar-refractivity contribution in [3.05, 3.63) is 71.9 Å². The number of aromatic nitrogens is 4. The van der Waals surface area contributed by atoms with Crippen molar-refractivity contribution in [1.29, 1.82) is 0 Å². The lowest BCUT2D eigenvalue weighted by atomic mass is 10.1. The first-order valence-electron chi connectivity index (χ1n) is 13.7. The Hall–Kier alpha value is -5.21. The van der Waals surface area contributed by atoms with Gasteiger partial charge >= 0.3 is 0 Å². The number of carbonyl (C=O) groups is 4. The number of fused-ring (bicyclic) bond motifs is 1. The lowest BCUT2D eigenvalue weighted by Crippen LogP contribution is -2.52. The Kier molecular flexibility index (Phi) is 8.64. The third kappa shape index (κ3) is 5.85. The van der Waals surface area contributed by atoms with Gasteiger partial charge < -0.3 is 29.0 Å². The number of hydrogen-bond donors (Lipinski definition) is 2. The quantitative estimate of drug-likeness (QED) is 0.164. The fourth-order valence-electron chi connectivity index (χ4n) is 4.80.